The molecule has 1 N–H and O–H groups in total. The Morgan fingerprint density at radius 2 is 2.22 bits per heavy atom. The Morgan fingerprint density at radius 1 is 1.56 bits per heavy atom. The van der Waals surface area contributed by atoms with Gasteiger partial charge in [-0.2, -0.15) is 0 Å². The Labute approximate surface area is 106 Å². The predicted molar refractivity (Wildman–Crippen MR) is 68.4 cm³/mol. The van der Waals surface area contributed by atoms with Crippen LogP contribution in [0, 0.1) is 0 Å². The van der Waals surface area contributed by atoms with Gasteiger partial charge in [-0.1, -0.05) is 0 Å². The largest absolute Gasteiger partial charge is 0.465 e. The number of hydrogen-bond acceptors (Lipinski definition) is 6. The van der Waals surface area contributed by atoms with Crippen LogP contribution in [-0.4, -0.2) is 44.5 Å². The fourth-order valence-electron chi connectivity index (χ4n) is 1.50. The van der Waals surface area contributed by atoms with E-state index in [-0.39, 0.29) is 11.8 Å². The Bertz CT molecular complexity index is 528. The molecule has 1 rings (SSSR count). The third kappa shape index (κ3) is 4.70. The minimum absolute atomic E-state index is 0.00285. The Balaban J connectivity index is 2.76. The summed E-state index contributed by atoms with van der Waals surface area (Å²) >= 11 is 0. The number of nitrogens with zero attached hydrogens (tertiary/aromatic N) is 1. The number of ether oxygens (including phenoxy) is 1. The summed E-state index contributed by atoms with van der Waals surface area (Å²) in [6, 6.07) is 2.75. The summed E-state index contributed by atoms with van der Waals surface area (Å²) in [7, 11) is -1.76. The van der Waals surface area contributed by atoms with Crippen LogP contribution in [0.3, 0.4) is 0 Å². The van der Waals surface area contributed by atoms with Crippen LogP contribution in [-0.2, 0) is 14.6 Å². The van der Waals surface area contributed by atoms with Crippen LogP contribution in [0.2, 0.25) is 0 Å². The first-order valence-corrected chi connectivity index (χ1v) is 7.36. The minimum atomic E-state index is -3.06. The first-order valence-electron chi connectivity index (χ1n) is 5.30. The van der Waals surface area contributed by atoms with Gasteiger partial charge in [0.1, 0.15) is 15.7 Å². The lowest BCUT2D eigenvalue weighted by molar-refractivity contribution is 0.0600. The Hall–Kier alpha value is -1.63. The molecule has 0 aliphatic rings. The number of hydrogen-bond donors (Lipinski definition) is 1. The minimum Gasteiger partial charge on any atom is -0.465 e. The highest BCUT2D eigenvalue weighted by atomic mass is 32.2. The molecule has 0 aromatic carbocycles. The molecule has 1 atom stereocenters. The molecule has 0 amide bonds. The Kier molecular flexibility index (Phi) is 4.66. The lowest BCUT2D eigenvalue weighted by Crippen LogP contribution is -2.25. The maximum absolute atomic E-state index is 11.3. The number of rotatable bonds is 5. The average Bonchev–Trinajstić information content (AvgIpc) is 2.25. The highest BCUT2D eigenvalue weighted by molar-refractivity contribution is 7.90. The zero-order chi connectivity index (χ0) is 13.8. The highest BCUT2D eigenvalue weighted by Gasteiger charge is 2.12. The number of carbonyl (C=O) groups is 1. The monoisotopic (exact) mass is 272 g/mol. The van der Waals surface area contributed by atoms with Crippen LogP contribution in [0.4, 0.5) is 5.82 Å². The van der Waals surface area contributed by atoms with E-state index in [0.29, 0.717) is 11.4 Å². The number of aromatic nitrogens is 1. The second-order valence-corrected chi connectivity index (χ2v) is 6.24. The standard InChI is InChI=1S/C11H16N2O4S/c1-8(7-18(3,15)16)13-10-6-9(4-5-12-10)11(14)17-2/h4-6,8H,7H2,1-3H3,(H,12,13). The summed E-state index contributed by atoms with van der Waals surface area (Å²) in [6.45, 7) is 1.73. The third-order valence-electron chi connectivity index (χ3n) is 2.13. The van der Waals surface area contributed by atoms with E-state index in [0.717, 1.165) is 0 Å². The van der Waals surface area contributed by atoms with E-state index in [1.807, 2.05) is 0 Å². The molecule has 7 heteroatoms. The number of esters is 1. The number of nitrogens with one attached hydrogen (secondary N) is 1. The van der Waals surface area contributed by atoms with Crippen LogP contribution >= 0.6 is 0 Å². The lowest BCUT2D eigenvalue weighted by Gasteiger charge is -2.13. The van der Waals surface area contributed by atoms with Crippen LogP contribution < -0.4 is 5.32 Å². The van der Waals surface area contributed by atoms with Crippen molar-refractivity contribution in [1.82, 2.24) is 4.98 Å². The van der Waals surface area contributed by atoms with Crippen LogP contribution in [0.25, 0.3) is 0 Å². The van der Waals surface area contributed by atoms with Crippen molar-refractivity contribution in [2.45, 2.75) is 13.0 Å². The summed E-state index contributed by atoms with van der Waals surface area (Å²) in [5.41, 5.74) is 0.363. The fraction of sp³-hybridized carbons (Fsp3) is 0.455. The van der Waals surface area contributed by atoms with Gasteiger partial charge in [-0.05, 0) is 19.1 Å². The normalized spacial score (nSPS) is 12.8. The van der Waals surface area contributed by atoms with E-state index in [9.17, 15) is 13.2 Å². The van der Waals surface area contributed by atoms with E-state index in [2.05, 4.69) is 15.0 Å². The number of methoxy groups -OCH3 is 1. The van der Waals surface area contributed by atoms with E-state index in [1.165, 1.54) is 31.7 Å². The molecule has 18 heavy (non-hydrogen) atoms. The van der Waals surface area contributed by atoms with E-state index in [1.54, 1.807) is 6.92 Å². The maximum atomic E-state index is 11.3. The average molecular weight is 272 g/mol. The molecule has 0 bridgehead atoms. The van der Waals surface area contributed by atoms with Gasteiger partial charge in [0, 0.05) is 18.5 Å². The molecular weight excluding hydrogens is 256 g/mol. The quantitative estimate of drug-likeness (QED) is 0.795. The number of sulfone groups is 1. The summed E-state index contributed by atoms with van der Waals surface area (Å²) in [4.78, 5) is 15.3. The fourth-order valence-corrected chi connectivity index (χ4v) is 2.49. The molecule has 0 saturated carbocycles. The summed E-state index contributed by atoms with van der Waals surface area (Å²) in [6.07, 6.45) is 2.63. The van der Waals surface area contributed by atoms with Gasteiger partial charge in [0.15, 0.2) is 0 Å². The van der Waals surface area contributed by atoms with Crippen LogP contribution in [0.1, 0.15) is 17.3 Å². The highest BCUT2D eigenvalue weighted by Crippen LogP contribution is 2.09. The van der Waals surface area contributed by atoms with Crippen molar-refractivity contribution in [2.24, 2.45) is 0 Å². The molecule has 0 spiro atoms. The molecule has 1 aromatic heterocycles. The molecule has 0 aliphatic carbocycles. The molecule has 0 aliphatic heterocycles. The van der Waals surface area contributed by atoms with Gasteiger partial charge in [0.05, 0.1) is 18.4 Å². The molecule has 0 radical (unpaired) electrons. The number of anilines is 1. The molecule has 6 nitrogen and oxygen atoms in total. The van der Waals surface area contributed by atoms with Crippen molar-refractivity contribution in [1.29, 1.82) is 0 Å². The number of carbonyl (C=O) groups excluding carboxylic acids is 1. The van der Waals surface area contributed by atoms with Crippen molar-refractivity contribution in [3.63, 3.8) is 0 Å². The second kappa shape index (κ2) is 5.81. The first kappa shape index (κ1) is 14.4. The zero-order valence-electron chi connectivity index (χ0n) is 10.5. The topological polar surface area (TPSA) is 85.4 Å². The predicted octanol–water partition coefficient (Wildman–Crippen LogP) is 0.713. The van der Waals surface area contributed by atoms with E-state index < -0.39 is 15.8 Å². The maximum Gasteiger partial charge on any atom is 0.338 e. The van der Waals surface area contributed by atoms with Crippen molar-refractivity contribution in [2.75, 3.05) is 24.4 Å². The van der Waals surface area contributed by atoms with Crippen molar-refractivity contribution in [3.05, 3.63) is 23.9 Å². The van der Waals surface area contributed by atoms with Crippen molar-refractivity contribution in [3.8, 4) is 0 Å². The van der Waals surface area contributed by atoms with Gasteiger partial charge in [0.25, 0.3) is 0 Å². The van der Waals surface area contributed by atoms with Gasteiger partial charge < -0.3 is 10.1 Å². The summed E-state index contributed by atoms with van der Waals surface area (Å²) in [5.74, 6) is -0.0257. The molecule has 100 valence electrons. The number of pyridine rings is 1. The third-order valence-corrected chi connectivity index (χ3v) is 3.23. The van der Waals surface area contributed by atoms with Gasteiger partial charge in [-0.15, -0.1) is 0 Å². The lowest BCUT2D eigenvalue weighted by atomic mass is 10.2. The summed E-state index contributed by atoms with van der Waals surface area (Å²) < 4.78 is 26.8. The molecule has 0 saturated heterocycles. The zero-order valence-corrected chi connectivity index (χ0v) is 11.3. The smallest absolute Gasteiger partial charge is 0.338 e. The molecule has 1 heterocycles. The second-order valence-electron chi connectivity index (χ2n) is 4.06. The van der Waals surface area contributed by atoms with Crippen LogP contribution in [0.5, 0.6) is 0 Å². The summed E-state index contributed by atoms with van der Waals surface area (Å²) in [5, 5.41) is 2.92. The van der Waals surface area contributed by atoms with Gasteiger partial charge >= 0.3 is 5.97 Å². The Morgan fingerprint density at radius 3 is 2.78 bits per heavy atom. The van der Waals surface area contributed by atoms with Gasteiger partial charge in [0.2, 0.25) is 0 Å². The van der Waals surface area contributed by atoms with Gasteiger partial charge in [-0.3, -0.25) is 0 Å². The van der Waals surface area contributed by atoms with Gasteiger partial charge in [-0.25, -0.2) is 18.2 Å². The van der Waals surface area contributed by atoms with E-state index in [4.69, 9.17) is 0 Å². The molecule has 0 fully saturated rings. The molecule has 1 unspecified atom stereocenters. The van der Waals surface area contributed by atoms with Crippen molar-refractivity contribution >= 4 is 21.6 Å². The SMILES string of the molecule is COC(=O)c1ccnc(NC(C)CS(C)(=O)=O)c1. The first-order chi connectivity index (χ1) is 8.31. The molecule has 1 aromatic rings. The molecular formula is C11H16N2O4S. The van der Waals surface area contributed by atoms with Crippen molar-refractivity contribution < 1.29 is 17.9 Å². The van der Waals surface area contributed by atoms with E-state index >= 15 is 0 Å². The van der Waals surface area contributed by atoms with Crippen LogP contribution in [0.15, 0.2) is 18.3 Å².